The minimum atomic E-state index is -0.767. The van der Waals surface area contributed by atoms with Crippen molar-refractivity contribution >= 4 is 17.9 Å². The number of carbonyl (C=O) groups is 3. The minimum absolute atomic E-state index is 0.0679. The van der Waals surface area contributed by atoms with Crippen molar-refractivity contribution in [2.24, 2.45) is 0 Å². The van der Waals surface area contributed by atoms with Gasteiger partial charge in [-0.3, -0.25) is 14.4 Å². The van der Waals surface area contributed by atoms with Gasteiger partial charge in [-0.2, -0.15) is 0 Å². The number of ether oxygens (including phenoxy) is 3. The van der Waals surface area contributed by atoms with Crippen molar-refractivity contribution in [1.29, 1.82) is 0 Å². The quantitative estimate of drug-likeness (QED) is 0.0261. The SMILES string of the molecule is CC/C=C\C/C=C\C/C=C\C/C=C\C/C=C\CCCCCCCCCCCCCCCCCCCC(=O)OCC(COC(=O)CCCCCCCC)OC(=O)CCCCCCCCCCCCCCCCCCCCCC. The highest BCUT2D eigenvalue weighted by molar-refractivity contribution is 5.71. The van der Waals surface area contributed by atoms with Crippen LogP contribution in [0.2, 0.25) is 0 Å². The number of unbranched alkanes of at least 4 members (excludes halogenated alkanes) is 41. The average molecular weight is 1080 g/mol. The van der Waals surface area contributed by atoms with Crippen molar-refractivity contribution in [2.45, 2.75) is 361 Å². The van der Waals surface area contributed by atoms with Crippen LogP contribution in [0.4, 0.5) is 0 Å². The molecule has 0 saturated heterocycles. The van der Waals surface area contributed by atoms with Gasteiger partial charge in [-0.15, -0.1) is 0 Å². The summed E-state index contributed by atoms with van der Waals surface area (Å²) in [6.45, 7) is 6.52. The first-order valence-corrected chi connectivity index (χ1v) is 33.8. The molecule has 0 aromatic rings. The van der Waals surface area contributed by atoms with E-state index >= 15 is 0 Å². The highest BCUT2D eigenvalue weighted by atomic mass is 16.6. The molecule has 0 saturated carbocycles. The highest BCUT2D eigenvalue weighted by Crippen LogP contribution is 2.18. The van der Waals surface area contributed by atoms with Gasteiger partial charge in [-0.25, -0.2) is 0 Å². The van der Waals surface area contributed by atoms with E-state index in [1.807, 2.05) is 0 Å². The van der Waals surface area contributed by atoms with Crippen LogP contribution >= 0.6 is 0 Å². The Morgan fingerprint density at radius 3 is 0.792 bits per heavy atom. The molecule has 0 fully saturated rings. The monoisotopic (exact) mass is 1080 g/mol. The third-order valence-corrected chi connectivity index (χ3v) is 15.0. The van der Waals surface area contributed by atoms with Crippen LogP contribution in [0.3, 0.4) is 0 Å². The summed E-state index contributed by atoms with van der Waals surface area (Å²) in [5, 5.41) is 0. The molecule has 6 heteroatoms. The summed E-state index contributed by atoms with van der Waals surface area (Å²) in [5.41, 5.74) is 0. The van der Waals surface area contributed by atoms with Crippen LogP contribution in [0.5, 0.6) is 0 Å². The van der Waals surface area contributed by atoms with Gasteiger partial charge in [0, 0.05) is 19.3 Å². The van der Waals surface area contributed by atoms with Crippen molar-refractivity contribution in [3.63, 3.8) is 0 Å². The van der Waals surface area contributed by atoms with Gasteiger partial charge >= 0.3 is 17.9 Å². The van der Waals surface area contributed by atoms with E-state index in [2.05, 4.69) is 81.5 Å². The number of allylic oxidation sites excluding steroid dienone is 10. The lowest BCUT2D eigenvalue weighted by Gasteiger charge is -2.18. The van der Waals surface area contributed by atoms with E-state index in [4.69, 9.17) is 14.2 Å². The molecule has 0 N–H and O–H groups in total. The molecule has 1 unspecified atom stereocenters. The molecule has 6 nitrogen and oxygen atoms in total. The van der Waals surface area contributed by atoms with Crippen molar-refractivity contribution in [3.8, 4) is 0 Å². The summed E-state index contributed by atoms with van der Waals surface area (Å²) in [6, 6.07) is 0. The van der Waals surface area contributed by atoms with Crippen LogP contribution in [0, 0.1) is 0 Å². The molecule has 0 bridgehead atoms. The molecule has 0 amide bonds. The van der Waals surface area contributed by atoms with E-state index in [9.17, 15) is 14.4 Å². The highest BCUT2D eigenvalue weighted by Gasteiger charge is 2.19. The second-order valence-corrected chi connectivity index (χ2v) is 22.7. The van der Waals surface area contributed by atoms with Gasteiger partial charge in [0.1, 0.15) is 13.2 Å². The van der Waals surface area contributed by atoms with Gasteiger partial charge in [0.15, 0.2) is 6.10 Å². The first-order valence-electron chi connectivity index (χ1n) is 33.8. The molecule has 0 aromatic heterocycles. The summed E-state index contributed by atoms with van der Waals surface area (Å²) < 4.78 is 16.8. The average Bonchev–Trinajstić information content (AvgIpc) is 3.43. The molecule has 0 aliphatic heterocycles. The number of rotatable bonds is 62. The maximum atomic E-state index is 12.8. The van der Waals surface area contributed by atoms with Gasteiger partial charge in [0.05, 0.1) is 0 Å². The summed E-state index contributed by atoms with van der Waals surface area (Å²) in [4.78, 5) is 38.0. The third kappa shape index (κ3) is 63.8. The van der Waals surface area contributed by atoms with Gasteiger partial charge in [-0.05, 0) is 64.2 Å². The lowest BCUT2D eigenvalue weighted by Crippen LogP contribution is -2.30. The Hall–Kier alpha value is -2.89. The zero-order valence-electron chi connectivity index (χ0n) is 51.5. The zero-order chi connectivity index (χ0) is 55.7. The predicted molar refractivity (Wildman–Crippen MR) is 335 cm³/mol. The molecule has 0 aromatic carbocycles. The molecule has 0 rings (SSSR count). The zero-order valence-corrected chi connectivity index (χ0v) is 51.5. The Morgan fingerprint density at radius 2 is 0.506 bits per heavy atom. The van der Waals surface area contributed by atoms with Gasteiger partial charge in [0.25, 0.3) is 0 Å². The molecule has 0 aliphatic carbocycles. The van der Waals surface area contributed by atoms with E-state index in [0.717, 1.165) is 89.9 Å². The largest absolute Gasteiger partial charge is 0.462 e. The number of esters is 3. The summed E-state index contributed by atoms with van der Waals surface area (Å²) in [7, 11) is 0. The number of hydrogen-bond acceptors (Lipinski definition) is 6. The van der Waals surface area contributed by atoms with E-state index in [1.165, 1.54) is 225 Å². The fourth-order valence-corrected chi connectivity index (χ4v) is 10.0. The van der Waals surface area contributed by atoms with Crippen LogP contribution < -0.4 is 0 Å². The fourth-order valence-electron chi connectivity index (χ4n) is 10.0. The minimum Gasteiger partial charge on any atom is -0.462 e. The van der Waals surface area contributed by atoms with Crippen LogP contribution in [-0.4, -0.2) is 37.2 Å². The molecule has 448 valence electrons. The van der Waals surface area contributed by atoms with E-state index in [0.29, 0.717) is 19.3 Å². The maximum absolute atomic E-state index is 12.8. The van der Waals surface area contributed by atoms with Gasteiger partial charge in [-0.1, -0.05) is 332 Å². The lowest BCUT2D eigenvalue weighted by molar-refractivity contribution is -0.167. The van der Waals surface area contributed by atoms with E-state index < -0.39 is 6.10 Å². The molecule has 0 heterocycles. The van der Waals surface area contributed by atoms with Crippen molar-refractivity contribution in [1.82, 2.24) is 0 Å². The third-order valence-electron chi connectivity index (χ3n) is 15.0. The van der Waals surface area contributed by atoms with Crippen LogP contribution in [0.25, 0.3) is 0 Å². The Labute approximate surface area is 479 Å². The number of carbonyl (C=O) groups excluding carboxylic acids is 3. The molecular weight excluding hydrogens is 949 g/mol. The van der Waals surface area contributed by atoms with Crippen molar-refractivity contribution in [3.05, 3.63) is 60.8 Å². The van der Waals surface area contributed by atoms with E-state index in [-0.39, 0.29) is 31.1 Å². The Bertz CT molecular complexity index is 1380. The second-order valence-electron chi connectivity index (χ2n) is 22.7. The van der Waals surface area contributed by atoms with Gasteiger partial charge in [0.2, 0.25) is 0 Å². The normalized spacial score (nSPS) is 12.4. The Balaban J connectivity index is 3.97. The van der Waals surface area contributed by atoms with Gasteiger partial charge < -0.3 is 14.2 Å². The van der Waals surface area contributed by atoms with Crippen LogP contribution in [-0.2, 0) is 28.6 Å². The summed E-state index contributed by atoms with van der Waals surface area (Å²) in [5.74, 6) is -0.855. The standard InChI is InChI=1S/C71H128O6/c1-4-7-10-13-16-18-20-22-24-26-28-30-31-32-33-34-35-36-37-38-39-40-41-42-44-45-47-49-51-53-55-58-61-64-70(73)76-67-68(66-75-69(72)63-60-57-15-12-9-6-3)77-71(74)65-62-59-56-54-52-50-48-46-43-29-27-25-23-21-19-17-14-11-8-5-2/h7,10,16,18,22,24,28,30,32-33,68H,4-6,8-9,11-15,17,19-21,23,25-27,29,31,34-67H2,1-3H3/b10-7-,18-16-,24-22-,30-28-,33-32-. The van der Waals surface area contributed by atoms with Crippen LogP contribution in [0.1, 0.15) is 355 Å². The molecule has 77 heavy (non-hydrogen) atoms. The molecule has 0 aliphatic rings. The first kappa shape index (κ1) is 74.1. The van der Waals surface area contributed by atoms with E-state index in [1.54, 1.807) is 0 Å². The Morgan fingerprint density at radius 1 is 0.273 bits per heavy atom. The van der Waals surface area contributed by atoms with Crippen molar-refractivity contribution in [2.75, 3.05) is 13.2 Å². The smallest absolute Gasteiger partial charge is 0.306 e. The summed E-state index contributed by atoms with van der Waals surface area (Å²) in [6.07, 6.45) is 84.3. The summed E-state index contributed by atoms with van der Waals surface area (Å²) >= 11 is 0. The van der Waals surface area contributed by atoms with Crippen LogP contribution in [0.15, 0.2) is 60.8 Å². The fraction of sp³-hybridized carbons (Fsp3) is 0.817. The topological polar surface area (TPSA) is 78.9 Å². The van der Waals surface area contributed by atoms with Crippen molar-refractivity contribution < 1.29 is 28.6 Å². The lowest BCUT2D eigenvalue weighted by atomic mass is 10.0. The second kappa shape index (κ2) is 65.6. The predicted octanol–water partition coefficient (Wildman–Crippen LogP) is 23.1. The molecule has 1 atom stereocenters. The molecule has 0 spiro atoms. The Kier molecular flexibility index (Phi) is 63.2. The number of hydrogen-bond donors (Lipinski definition) is 0. The molecule has 0 radical (unpaired) electrons. The molecular formula is C71H128O6. The maximum Gasteiger partial charge on any atom is 0.306 e. The first-order chi connectivity index (χ1) is 38.0.